The normalized spacial score (nSPS) is 18.6. The maximum atomic E-state index is 13.6. The topological polar surface area (TPSA) is 84.2 Å². The summed E-state index contributed by atoms with van der Waals surface area (Å²) in [5, 5.41) is 5.58. The van der Waals surface area contributed by atoms with Gasteiger partial charge >= 0.3 is 0 Å². The van der Waals surface area contributed by atoms with E-state index in [1.165, 1.54) is 6.07 Å². The van der Waals surface area contributed by atoms with Gasteiger partial charge < -0.3 is 16.4 Å². The number of carbonyl (C=O) groups is 2. The van der Waals surface area contributed by atoms with Crippen LogP contribution in [0, 0.1) is 11.7 Å². The third kappa shape index (κ3) is 5.78. The summed E-state index contributed by atoms with van der Waals surface area (Å²) in [6, 6.07) is 13.1. The second kappa shape index (κ2) is 10.2. The number of anilines is 1. The summed E-state index contributed by atoms with van der Waals surface area (Å²) >= 11 is 0. The van der Waals surface area contributed by atoms with Gasteiger partial charge in [-0.05, 0) is 49.6 Å². The molecular weight excluding hydrogens is 381 g/mol. The van der Waals surface area contributed by atoms with E-state index in [4.69, 9.17) is 5.73 Å². The smallest absolute Gasteiger partial charge is 0.251 e. The van der Waals surface area contributed by atoms with Gasteiger partial charge in [0.2, 0.25) is 5.91 Å². The first-order valence-corrected chi connectivity index (χ1v) is 9.21. The lowest BCUT2D eigenvalue weighted by Gasteiger charge is -2.25. The van der Waals surface area contributed by atoms with Crippen LogP contribution in [-0.4, -0.2) is 17.9 Å². The van der Waals surface area contributed by atoms with Crippen molar-refractivity contribution >= 4 is 29.9 Å². The highest BCUT2D eigenvalue weighted by Crippen LogP contribution is 2.24. The molecule has 0 radical (unpaired) electrons. The average molecular weight is 406 g/mol. The Balaban J connectivity index is 0.00000280. The molecule has 4 N–H and O–H groups in total. The van der Waals surface area contributed by atoms with Crippen LogP contribution in [0.15, 0.2) is 48.5 Å². The first-order chi connectivity index (χ1) is 13.0. The number of benzene rings is 2. The van der Waals surface area contributed by atoms with Crippen LogP contribution in [0.4, 0.5) is 10.1 Å². The number of hydrogen-bond donors (Lipinski definition) is 3. The fourth-order valence-electron chi connectivity index (χ4n) is 3.33. The highest BCUT2D eigenvalue weighted by atomic mass is 35.5. The molecule has 150 valence electrons. The maximum Gasteiger partial charge on any atom is 0.251 e. The molecule has 0 bridgehead atoms. The summed E-state index contributed by atoms with van der Waals surface area (Å²) in [6.07, 6.45) is 3.51. The van der Waals surface area contributed by atoms with Crippen molar-refractivity contribution in [2.45, 2.75) is 38.3 Å². The van der Waals surface area contributed by atoms with Gasteiger partial charge in [-0.25, -0.2) is 4.39 Å². The molecule has 0 saturated heterocycles. The minimum absolute atomic E-state index is 0. The lowest BCUT2D eigenvalue weighted by Crippen LogP contribution is -2.34. The highest BCUT2D eigenvalue weighted by molar-refractivity contribution is 5.96. The molecule has 2 aromatic carbocycles. The summed E-state index contributed by atoms with van der Waals surface area (Å²) in [5.41, 5.74) is 7.46. The molecule has 5 nitrogen and oxygen atoms in total. The first-order valence-electron chi connectivity index (χ1n) is 9.21. The summed E-state index contributed by atoms with van der Waals surface area (Å²) < 4.78 is 13.6. The van der Waals surface area contributed by atoms with Crippen LogP contribution < -0.4 is 16.4 Å². The van der Waals surface area contributed by atoms with E-state index in [0.29, 0.717) is 23.2 Å². The Hall–Kier alpha value is -2.44. The molecule has 2 unspecified atom stereocenters. The zero-order valence-electron chi connectivity index (χ0n) is 15.5. The lowest BCUT2D eigenvalue weighted by atomic mass is 9.85. The molecule has 0 aromatic heterocycles. The molecule has 3 rings (SSSR count). The molecule has 0 aliphatic heterocycles. The van der Waals surface area contributed by atoms with E-state index in [-0.39, 0.29) is 48.5 Å². The van der Waals surface area contributed by atoms with E-state index in [1.54, 1.807) is 42.5 Å². The molecule has 28 heavy (non-hydrogen) atoms. The minimum Gasteiger partial charge on any atom is -0.348 e. The monoisotopic (exact) mass is 405 g/mol. The second-order valence-corrected chi connectivity index (χ2v) is 6.96. The average Bonchev–Trinajstić information content (AvgIpc) is 2.67. The summed E-state index contributed by atoms with van der Waals surface area (Å²) in [7, 11) is 0. The second-order valence-electron chi connectivity index (χ2n) is 6.96. The Morgan fingerprint density at radius 2 is 1.79 bits per heavy atom. The molecule has 2 aromatic rings. The van der Waals surface area contributed by atoms with E-state index < -0.39 is 0 Å². The van der Waals surface area contributed by atoms with Crippen LogP contribution in [0.3, 0.4) is 0 Å². The van der Waals surface area contributed by atoms with Gasteiger partial charge in [-0.1, -0.05) is 24.6 Å². The summed E-state index contributed by atoms with van der Waals surface area (Å²) in [5.74, 6) is -0.730. The molecule has 0 spiro atoms. The van der Waals surface area contributed by atoms with Gasteiger partial charge in [-0.2, -0.15) is 0 Å². The predicted molar refractivity (Wildman–Crippen MR) is 110 cm³/mol. The third-order valence-electron chi connectivity index (χ3n) is 4.90. The molecular formula is C21H25ClFN3O2. The van der Waals surface area contributed by atoms with Crippen LogP contribution in [0.25, 0.3) is 0 Å². The summed E-state index contributed by atoms with van der Waals surface area (Å²) in [6.45, 7) is 0.117. The molecule has 0 heterocycles. The number of amides is 2. The van der Waals surface area contributed by atoms with E-state index in [2.05, 4.69) is 10.6 Å². The first kappa shape index (κ1) is 21.9. The molecule has 2 atom stereocenters. The highest BCUT2D eigenvalue weighted by Gasteiger charge is 2.25. The van der Waals surface area contributed by atoms with E-state index in [0.717, 1.165) is 19.3 Å². The van der Waals surface area contributed by atoms with Crippen molar-refractivity contribution in [3.05, 3.63) is 65.5 Å². The van der Waals surface area contributed by atoms with Gasteiger partial charge in [-0.3, -0.25) is 9.59 Å². The van der Waals surface area contributed by atoms with Crippen molar-refractivity contribution in [2.24, 2.45) is 11.7 Å². The predicted octanol–water partition coefficient (Wildman–Crippen LogP) is 3.63. The Bertz CT molecular complexity index is 814. The van der Waals surface area contributed by atoms with Gasteiger partial charge in [0.15, 0.2) is 0 Å². The van der Waals surface area contributed by atoms with Gasteiger partial charge in [0.25, 0.3) is 5.91 Å². The van der Waals surface area contributed by atoms with E-state index in [9.17, 15) is 14.0 Å². The third-order valence-corrected chi connectivity index (χ3v) is 4.90. The Morgan fingerprint density at radius 3 is 2.46 bits per heavy atom. The maximum absolute atomic E-state index is 13.6. The standard InChI is InChI=1S/C21H24FN3O2.ClH/c22-19-7-2-1-4-16(19)13-24-20(26)14-8-10-18(11-9-14)25-21(27)15-5-3-6-17(23)12-15;/h1-2,4,7-11,15,17H,3,5-6,12-13,23H2,(H,24,26)(H,25,27);1H. The fraction of sp³-hybridized carbons (Fsp3) is 0.333. The number of halogens is 2. The minimum atomic E-state index is -0.349. The van der Waals surface area contributed by atoms with Crippen molar-refractivity contribution in [1.29, 1.82) is 0 Å². The number of carbonyl (C=O) groups excluding carboxylic acids is 2. The SMILES string of the molecule is Cl.NC1CCCC(C(=O)Nc2ccc(C(=O)NCc3ccccc3F)cc2)C1. The number of hydrogen-bond acceptors (Lipinski definition) is 3. The molecule has 1 aliphatic carbocycles. The zero-order valence-corrected chi connectivity index (χ0v) is 16.3. The number of nitrogens with two attached hydrogens (primary N) is 1. The zero-order chi connectivity index (χ0) is 19.2. The van der Waals surface area contributed by atoms with Crippen molar-refractivity contribution in [1.82, 2.24) is 5.32 Å². The van der Waals surface area contributed by atoms with Crippen LogP contribution >= 0.6 is 12.4 Å². The van der Waals surface area contributed by atoms with Crippen LogP contribution in [-0.2, 0) is 11.3 Å². The van der Waals surface area contributed by atoms with Crippen molar-refractivity contribution in [3.8, 4) is 0 Å². The van der Waals surface area contributed by atoms with E-state index in [1.807, 2.05) is 0 Å². The molecule has 7 heteroatoms. The fourth-order valence-corrected chi connectivity index (χ4v) is 3.33. The van der Waals surface area contributed by atoms with Crippen LogP contribution in [0.1, 0.15) is 41.6 Å². The van der Waals surface area contributed by atoms with Gasteiger partial charge in [0.1, 0.15) is 5.82 Å². The van der Waals surface area contributed by atoms with Gasteiger partial charge in [0, 0.05) is 35.3 Å². The summed E-state index contributed by atoms with van der Waals surface area (Å²) in [4.78, 5) is 24.6. The van der Waals surface area contributed by atoms with Crippen molar-refractivity contribution in [2.75, 3.05) is 5.32 Å². The lowest BCUT2D eigenvalue weighted by molar-refractivity contribution is -0.120. The van der Waals surface area contributed by atoms with Gasteiger partial charge in [-0.15, -0.1) is 12.4 Å². The Labute approximate surface area is 170 Å². The Morgan fingerprint density at radius 1 is 1.07 bits per heavy atom. The van der Waals surface area contributed by atoms with Crippen molar-refractivity contribution in [3.63, 3.8) is 0 Å². The largest absolute Gasteiger partial charge is 0.348 e. The molecule has 1 fully saturated rings. The number of nitrogens with one attached hydrogen (secondary N) is 2. The Kier molecular flexibility index (Phi) is 7.96. The van der Waals surface area contributed by atoms with E-state index >= 15 is 0 Å². The van der Waals surface area contributed by atoms with Crippen molar-refractivity contribution < 1.29 is 14.0 Å². The van der Waals surface area contributed by atoms with Crippen LogP contribution in [0.5, 0.6) is 0 Å². The molecule has 2 amide bonds. The van der Waals surface area contributed by atoms with Gasteiger partial charge in [0.05, 0.1) is 0 Å². The number of rotatable bonds is 5. The molecule has 1 saturated carbocycles. The molecule has 1 aliphatic rings. The van der Waals surface area contributed by atoms with Crippen LogP contribution in [0.2, 0.25) is 0 Å². The quantitative estimate of drug-likeness (QED) is 0.710.